The van der Waals surface area contributed by atoms with Crippen molar-refractivity contribution in [3.63, 3.8) is 0 Å². The fourth-order valence-electron chi connectivity index (χ4n) is 3.21. The molecule has 1 aromatic rings. The van der Waals surface area contributed by atoms with Crippen molar-refractivity contribution in [1.82, 2.24) is 9.21 Å². The number of nitrogens with zero attached hydrogens (tertiary/aromatic N) is 2. The zero-order chi connectivity index (χ0) is 14.4. The van der Waals surface area contributed by atoms with Crippen LogP contribution in [-0.2, 0) is 6.42 Å². The molecule has 1 saturated heterocycles. The first-order valence-electron chi connectivity index (χ1n) is 7.41. The van der Waals surface area contributed by atoms with Crippen molar-refractivity contribution >= 4 is 12.8 Å². The maximum Gasteiger partial charge on any atom is 0.0558 e. The van der Waals surface area contributed by atoms with Gasteiger partial charge in [-0.05, 0) is 37.3 Å². The number of likely N-dealkylation sites (N-methyl/N-ethyl adjacent to an activating group) is 1. The number of rotatable bonds is 6. The van der Waals surface area contributed by atoms with Gasteiger partial charge in [-0.1, -0.05) is 43.1 Å². The lowest BCUT2D eigenvalue weighted by atomic mass is 9.74. The van der Waals surface area contributed by atoms with E-state index in [9.17, 15) is 0 Å². The van der Waals surface area contributed by atoms with E-state index < -0.39 is 0 Å². The van der Waals surface area contributed by atoms with Crippen LogP contribution in [0.25, 0.3) is 0 Å². The first kappa shape index (κ1) is 15.8. The van der Waals surface area contributed by atoms with E-state index in [-0.39, 0.29) is 6.61 Å². The van der Waals surface area contributed by atoms with Crippen LogP contribution >= 0.6 is 12.8 Å². The number of benzene rings is 1. The van der Waals surface area contributed by atoms with Crippen LogP contribution in [0.15, 0.2) is 30.3 Å². The summed E-state index contributed by atoms with van der Waals surface area (Å²) in [5.74, 6) is 0. The summed E-state index contributed by atoms with van der Waals surface area (Å²) in [4.78, 5) is 2.26. The summed E-state index contributed by atoms with van der Waals surface area (Å²) >= 11 is 4.48. The zero-order valence-corrected chi connectivity index (χ0v) is 13.2. The second-order valence-corrected chi connectivity index (χ2v) is 6.64. The molecule has 1 heterocycles. The predicted molar refractivity (Wildman–Crippen MR) is 87.0 cm³/mol. The van der Waals surface area contributed by atoms with Gasteiger partial charge in [-0.25, -0.2) is 0 Å². The molecular weight excluding hydrogens is 268 g/mol. The van der Waals surface area contributed by atoms with Gasteiger partial charge in [0.05, 0.1) is 6.61 Å². The summed E-state index contributed by atoms with van der Waals surface area (Å²) in [7, 11) is 2.11. The Labute approximate surface area is 128 Å². The highest BCUT2D eigenvalue weighted by molar-refractivity contribution is 7.77. The Morgan fingerprint density at radius 3 is 2.50 bits per heavy atom. The number of aliphatic hydroxyl groups excluding tert-OH is 1. The summed E-state index contributed by atoms with van der Waals surface area (Å²) in [5, 5.41) is 9.12. The molecule has 0 unspecified atom stereocenters. The molecule has 0 atom stereocenters. The molecule has 1 aliphatic rings. The molecule has 0 saturated carbocycles. The molecule has 0 aromatic heterocycles. The van der Waals surface area contributed by atoms with Crippen LogP contribution in [-0.4, -0.2) is 54.1 Å². The molecule has 1 aliphatic heterocycles. The van der Waals surface area contributed by atoms with Gasteiger partial charge < -0.3 is 10.0 Å². The second kappa shape index (κ2) is 7.46. The Kier molecular flexibility index (Phi) is 5.90. The van der Waals surface area contributed by atoms with Gasteiger partial charge in [0.15, 0.2) is 0 Å². The van der Waals surface area contributed by atoms with Crippen LogP contribution in [0.2, 0.25) is 0 Å². The van der Waals surface area contributed by atoms with Gasteiger partial charge in [0.1, 0.15) is 0 Å². The van der Waals surface area contributed by atoms with E-state index in [1.165, 1.54) is 18.4 Å². The number of hydrogen-bond acceptors (Lipinski definition) is 4. The van der Waals surface area contributed by atoms with Gasteiger partial charge in [0.25, 0.3) is 0 Å². The molecule has 1 fully saturated rings. The van der Waals surface area contributed by atoms with E-state index >= 15 is 0 Å². The van der Waals surface area contributed by atoms with E-state index in [1.54, 1.807) is 0 Å². The Balaban J connectivity index is 2.07. The fraction of sp³-hybridized carbons (Fsp3) is 0.625. The van der Waals surface area contributed by atoms with Crippen molar-refractivity contribution in [2.45, 2.75) is 19.3 Å². The van der Waals surface area contributed by atoms with E-state index in [2.05, 4.69) is 59.4 Å². The standard InChI is InChI=1S/C16H26N2OS/c1-17(11-12-19)14-16(7-9-18(20)10-8-16)13-15-5-3-2-4-6-15/h2-6,19-20H,7-14H2,1H3. The molecule has 3 nitrogen and oxygen atoms in total. The minimum absolute atomic E-state index is 0.233. The molecule has 20 heavy (non-hydrogen) atoms. The Morgan fingerprint density at radius 2 is 1.90 bits per heavy atom. The molecule has 4 heteroatoms. The second-order valence-electron chi connectivity index (χ2n) is 6.08. The van der Waals surface area contributed by atoms with Crippen LogP contribution in [0.3, 0.4) is 0 Å². The normalized spacial score (nSPS) is 19.4. The highest BCUT2D eigenvalue weighted by Gasteiger charge is 2.35. The lowest BCUT2D eigenvalue weighted by molar-refractivity contribution is 0.0947. The lowest BCUT2D eigenvalue weighted by Gasteiger charge is -2.42. The maximum atomic E-state index is 9.12. The Hall–Kier alpha value is -0.550. The topological polar surface area (TPSA) is 26.7 Å². The van der Waals surface area contributed by atoms with Gasteiger partial charge in [0.2, 0.25) is 0 Å². The van der Waals surface area contributed by atoms with Gasteiger partial charge >= 0.3 is 0 Å². The molecule has 112 valence electrons. The third-order valence-corrected chi connectivity index (χ3v) is 4.71. The minimum Gasteiger partial charge on any atom is -0.395 e. The summed E-state index contributed by atoms with van der Waals surface area (Å²) in [6, 6.07) is 10.8. The quantitative estimate of drug-likeness (QED) is 0.787. The summed E-state index contributed by atoms with van der Waals surface area (Å²) in [6.45, 7) is 4.12. The molecule has 0 aliphatic carbocycles. The van der Waals surface area contributed by atoms with Crippen LogP contribution in [0.5, 0.6) is 0 Å². The van der Waals surface area contributed by atoms with Crippen molar-refractivity contribution in [2.75, 3.05) is 39.8 Å². The van der Waals surface area contributed by atoms with Gasteiger partial charge in [-0.2, -0.15) is 0 Å². The van der Waals surface area contributed by atoms with Crippen molar-refractivity contribution in [1.29, 1.82) is 0 Å². The maximum absolute atomic E-state index is 9.12. The van der Waals surface area contributed by atoms with Crippen LogP contribution < -0.4 is 0 Å². The number of aliphatic hydroxyl groups is 1. The number of piperidine rings is 1. The first-order valence-corrected chi connectivity index (χ1v) is 7.81. The number of hydrogen-bond donors (Lipinski definition) is 2. The van der Waals surface area contributed by atoms with Crippen molar-refractivity contribution in [3.8, 4) is 0 Å². The molecular formula is C16H26N2OS. The van der Waals surface area contributed by atoms with E-state index in [0.29, 0.717) is 5.41 Å². The first-order chi connectivity index (χ1) is 9.63. The summed E-state index contributed by atoms with van der Waals surface area (Å²) < 4.78 is 2.12. The monoisotopic (exact) mass is 294 g/mol. The van der Waals surface area contributed by atoms with E-state index in [0.717, 1.165) is 32.6 Å². The summed E-state index contributed by atoms with van der Waals surface area (Å²) in [6.07, 6.45) is 3.45. The highest BCUT2D eigenvalue weighted by Crippen LogP contribution is 2.36. The predicted octanol–water partition coefficient (Wildman–Crippen LogP) is 2.08. The molecule has 0 radical (unpaired) electrons. The molecule has 1 aromatic carbocycles. The van der Waals surface area contributed by atoms with Gasteiger partial charge in [0, 0.05) is 26.2 Å². The largest absolute Gasteiger partial charge is 0.395 e. The third kappa shape index (κ3) is 4.48. The summed E-state index contributed by atoms with van der Waals surface area (Å²) in [5.41, 5.74) is 1.72. The SMILES string of the molecule is CN(CCO)CC1(Cc2ccccc2)CCN(S)CC1. The minimum atomic E-state index is 0.233. The molecule has 0 spiro atoms. The highest BCUT2D eigenvalue weighted by atomic mass is 32.1. The van der Waals surface area contributed by atoms with E-state index in [1.807, 2.05) is 0 Å². The Morgan fingerprint density at radius 1 is 1.25 bits per heavy atom. The molecule has 0 bridgehead atoms. The van der Waals surface area contributed by atoms with Gasteiger partial charge in [-0.15, -0.1) is 0 Å². The van der Waals surface area contributed by atoms with Crippen LogP contribution in [0.4, 0.5) is 0 Å². The third-order valence-electron chi connectivity index (χ3n) is 4.31. The molecule has 2 rings (SSSR count). The Bertz CT molecular complexity index is 391. The van der Waals surface area contributed by atoms with Crippen LogP contribution in [0.1, 0.15) is 18.4 Å². The van der Waals surface area contributed by atoms with E-state index in [4.69, 9.17) is 5.11 Å². The van der Waals surface area contributed by atoms with Crippen molar-refractivity contribution in [3.05, 3.63) is 35.9 Å². The van der Waals surface area contributed by atoms with Gasteiger partial charge in [-0.3, -0.25) is 4.31 Å². The average Bonchev–Trinajstić information content (AvgIpc) is 2.44. The average molecular weight is 294 g/mol. The smallest absolute Gasteiger partial charge is 0.0558 e. The van der Waals surface area contributed by atoms with Crippen LogP contribution in [0, 0.1) is 5.41 Å². The molecule has 0 amide bonds. The fourth-order valence-corrected chi connectivity index (χ4v) is 3.41. The number of thiol groups is 1. The zero-order valence-electron chi connectivity index (χ0n) is 12.3. The van der Waals surface area contributed by atoms with Crippen molar-refractivity contribution < 1.29 is 5.11 Å². The molecule has 1 N–H and O–H groups in total. The van der Waals surface area contributed by atoms with Crippen molar-refractivity contribution in [2.24, 2.45) is 5.41 Å². The lowest BCUT2D eigenvalue weighted by Crippen LogP contribution is -2.45.